The Hall–Kier alpha value is -6.06. The summed E-state index contributed by atoms with van der Waals surface area (Å²) in [6.07, 6.45) is 4.01. The van der Waals surface area contributed by atoms with Crippen molar-refractivity contribution < 1.29 is 37.4 Å². The summed E-state index contributed by atoms with van der Waals surface area (Å²) in [4.78, 5) is 54.6. The van der Waals surface area contributed by atoms with Gasteiger partial charge in [0.25, 0.3) is 0 Å². The normalized spacial score (nSPS) is 24.4. The standard InChI is InChI=1S/C49H52ClF2N7O6/c1-26-24-58(20-18-32(26)29-12-15-33-36(22-29)57(3)56-46(33)59-21-19-39(60)55-48(59)63)47(62)28-10-13-31(14-11-28)54-25-49(30-8-6-5-7-9-30)27(2)40-38(65-49)23-35(51)43(50)42(40)41-34(45(53)61)16-17-37(64-4)44(41)52/h5-9,12,15-17,22-23,26-28,31-32,54H,10-11,13-14,18-21,24-25H2,1-4H3,(H2,53,61)(H,55,60,63). The van der Waals surface area contributed by atoms with Crippen LogP contribution in [0.3, 0.4) is 0 Å². The third kappa shape index (κ3) is 7.75. The summed E-state index contributed by atoms with van der Waals surface area (Å²) in [5.74, 6) is -2.35. The largest absolute Gasteiger partial charge is 0.494 e. The Bertz CT molecular complexity index is 2720. The van der Waals surface area contributed by atoms with Crippen LogP contribution in [0.2, 0.25) is 5.02 Å². The van der Waals surface area contributed by atoms with Crippen LogP contribution in [0.5, 0.6) is 11.5 Å². The Morgan fingerprint density at radius 2 is 1.75 bits per heavy atom. The van der Waals surface area contributed by atoms with Crippen LogP contribution in [-0.2, 0) is 22.2 Å². The van der Waals surface area contributed by atoms with Crippen LogP contribution < -0.4 is 30.7 Å². The van der Waals surface area contributed by atoms with Gasteiger partial charge in [-0.05, 0) is 79.3 Å². The molecule has 0 bridgehead atoms. The van der Waals surface area contributed by atoms with Crippen molar-refractivity contribution in [3.8, 4) is 22.6 Å². The van der Waals surface area contributed by atoms with Crippen molar-refractivity contribution in [3.05, 3.63) is 106 Å². The van der Waals surface area contributed by atoms with Gasteiger partial charge in [0.2, 0.25) is 17.7 Å². The van der Waals surface area contributed by atoms with Gasteiger partial charge < -0.3 is 25.4 Å². The van der Waals surface area contributed by atoms with Gasteiger partial charge in [-0.15, -0.1) is 0 Å². The second-order valence-corrected chi connectivity index (χ2v) is 18.3. The fourth-order valence-corrected chi connectivity index (χ4v) is 11.0. The molecule has 4 heterocycles. The molecule has 65 heavy (non-hydrogen) atoms. The van der Waals surface area contributed by atoms with Crippen LogP contribution in [0.15, 0.2) is 66.7 Å². The first kappa shape index (κ1) is 44.2. The Labute approximate surface area is 380 Å². The van der Waals surface area contributed by atoms with Crippen LogP contribution in [-0.4, -0.2) is 77.8 Å². The molecule has 13 nitrogen and oxygen atoms in total. The highest BCUT2D eigenvalue weighted by atomic mass is 35.5. The molecular weight excluding hydrogens is 856 g/mol. The third-order valence-corrected chi connectivity index (χ3v) is 14.7. The quantitative estimate of drug-likeness (QED) is 0.127. The topological polar surface area (TPSA) is 161 Å². The fourth-order valence-electron chi connectivity index (χ4n) is 10.8. The first-order chi connectivity index (χ1) is 31.2. The number of halogens is 3. The van der Waals surface area contributed by atoms with Gasteiger partial charge in [-0.2, -0.15) is 5.10 Å². The summed E-state index contributed by atoms with van der Waals surface area (Å²) < 4.78 is 45.8. The smallest absolute Gasteiger partial charge is 0.329 e. The summed E-state index contributed by atoms with van der Waals surface area (Å²) in [6, 6.07) is 19.3. The SMILES string of the molecule is COc1ccc(C(N)=O)c(-c2c(Cl)c(F)cc3c2C(C)C(CNC2CCC(C(=O)N4CCC(c5ccc6c(N7CCC(=O)NC7=O)nn(C)c6c5)C(C)C4)CC2)(c2ccccc2)O3)c1F. The van der Waals surface area contributed by atoms with Gasteiger partial charge in [0.05, 0.1) is 23.2 Å². The Morgan fingerprint density at radius 3 is 2.45 bits per heavy atom. The van der Waals surface area contributed by atoms with Crippen molar-refractivity contribution in [3.63, 3.8) is 0 Å². The van der Waals surface area contributed by atoms with Crippen LogP contribution in [0.1, 0.15) is 91.3 Å². The molecule has 4 aliphatic rings. The molecule has 9 rings (SSSR count). The molecule has 5 amide bonds. The third-order valence-electron chi connectivity index (χ3n) is 14.3. The number of primary amides is 1. The number of imide groups is 1. The lowest BCUT2D eigenvalue weighted by molar-refractivity contribution is -0.138. The van der Waals surface area contributed by atoms with Gasteiger partial charge >= 0.3 is 6.03 Å². The summed E-state index contributed by atoms with van der Waals surface area (Å²) in [7, 11) is 3.15. The molecule has 3 aliphatic heterocycles. The minimum atomic E-state index is -1.08. The number of aryl methyl sites for hydroxylation is 1. The Kier molecular flexibility index (Phi) is 11.8. The van der Waals surface area contributed by atoms with E-state index in [1.807, 2.05) is 55.3 Å². The van der Waals surface area contributed by atoms with Gasteiger partial charge in [0.1, 0.15) is 11.6 Å². The van der Waals surface area contributed by atoms with Gasteiger partial charge in [0, 0.05) is 85.7 Å². The van der Waals surface area contributed by atoms with Crippen LogP contribution in [0.25, 0.3) is 22.0 Å². The van der Waals surface area contributed by atoms with Crippen molar-refractivity contribution in [2.24, 2.45) is 24.6 Å². The highest BCUT2D eigenvalue weighted by Gasteiger charge is 2.50. The first-order valence-electron chi connectivity index (χ1n) is 22.2. The summed E-state index contributed by atoms with van der Waals surface area (Å²) in [5.41, 5.74) is 7.55. The van der Waals surface area contributed by atoms with E-state index in [2.05, 4.69) is 34.8 Å². The number of carbonyl (C=O) groups is 4. The molecule has 1 aliphatic carbocycles. The fraction of sp³-hybridized carbons (Fsp3) is 0.408. The number of methoxy groups -OCH3 is 1. The van der Waals surface area contributed by atoms with Crippen molar-refractivity contribution in [2.45, 2.75) is 75.9 Å². The number of benzene rings is 4. The molecule has 16 heteroatoms. The monoisotopic (exact) mass is 907 g/mol. The van der Waals surface area contributed by atoms with Crippen molar-refractivity contribution in [1.82, 2.24) is 25.3 Å². The highest BCUT2D eigenvalue weighted by molar-refractivity contribution is 6.34. The minimum absolute atomic E-state index is 0.0111. The van der Waals surface area contributed by atoms with Crippen molar-refractivity contribution in [1.29, 1.82) is 0 Å². The van der Waals surface area contributed by atoms with E-state index in [1.54, 1.807) is 4.68 Å². The Morgan fingerprint density at radius 1 is 1.00 bits per heavy atom. The number of nitrogens with one attached hydrogen (secondary N) is 2. The van der Waals surface area contributed by atoms with Crippen molar-refractivity contribution in [2.75, 3.05) is 38.2 Å². The molecule has 0 spiro atoms. The lowest BCUT2D eigenvalue weighted by Crippen LogP contribution is -2.49. The first-order valence-corrected chi connectivity index (χ1v) is 22.6. The molecule has 4 atom stereocenters. The zero-order valence-corrected chi connectivity index (χ0v) is 37.5. The zero-order valence-electron chi connectivity index (χ0n) is 36.8. The summed E-state index contributed by atoms with van der Waals surface area (Å²) >= 11 is 6.69. The van der Waals surface area contributed by atoms with E-state index in [1.165, 1.54) is 35.8 Å². The van der Waals surface area contributed by atoms with E-state index in [4.69, 9.17) is 26.8 Å². The molecule has 0 radical (unpaired) electrons. The van der Waals surface area contributed by atoms with E-state index in [-0.39, 0.29) is 81.8 Å². The van der Waals surface area contributed by atoms with Gasteiger partial charge in [0.15, 0.2) is 23.0 Å². The molecule has 3 fully saturated rings. The zero-order chi connectivity index (χ0) is 45.9. The number of carbonyl (C=O) groups excluding carboxylic acids is 4. The number of nitrogens with two attached hydrogens (primary N) is 1. The number of nitrogens with zero attached hydrogens (tertiary/aromatic N) is 4. The molecule has 2 saturated heterocycles. The number of likely N-dealkylation sites (tertiary alicyclic amines) is 1. The second-order valence-electron chi connectivity index (χ2n) is 18.0. The molecule has 4 unspecified atom stereocenters. The molecular formula is C49H52ClF2N7O6. The van der Waals surface area contributed by atoms with Gasteiger partial charge in [-0.1, -0.05) is 61.8 Å². The number of hydrogen-bond donors (Lipinski definition) is 3. The number of aromatic nitrogens is 2. The van der Waals surface area contributed by atoms with E-state index in [9.17, 15) is 19.2 Å². The lowest BCUT2D eigenvalue weighted by Gasteiger charge is -2.40. The number of fused-ring (bicyclic) bond motifs is 2. The second kappa shape index (κ2) is 17.4. The Balaban J connectivity index is 0.873. The maximum Gasteiger partial charge on any atom is 0.329 e. The average molecular weight is 908 g/mol. The number of ether oxygens (including phenoxy) is 2. The predicted molar refractivity (Wildman–Crippen MR) is 242 cm³/mol. The van der Waals surface area contributed by atoms with Crippen LogP contribution in [0.4, 0.5) is 19.4 Å². The number of anilines is 1. The maximum absolute atomic E-state index is 16.2. The molecule has 340 valence electrons. The summed E-state index contributed by atoms with van der Waals surface area (Å²) in [5, 5.41) is 11.2. The number of amides is 5. The predicted octanol–water partition coefficient (Wildman–Crippen LogP) is 7.92. The number of rotatable bonds is 10. The maximum atomic E-state index is 16.2. The molecule has 1 aromatic heterocycles. The summed E-state index contributed by atoms with van der Waals surface area (Å²) in [6.45, 7) is 6.02. The molecule has 5 aromatic rings. The van der Waals surface area contributed by atoms with Gasteiger partial charge in [-0.25, -0.2) is 13.6 Å². The van der Waals surface area contributed by atoms with Crippen LogP contribution >= 0.6 is 11.6 Å². The number of piperidine rings is 1. The molecule has 4 N–H and O–H groups in total. The number of hydrogen-bond acceptors (Lipinski definition) is 8. The molecule has 1 saturated carbocycles. The van der Waals surface area contributed by atoms with E-state index in [0.29, 0.717) is 31.0 Å². The van der Waals surface area contributed by atoms with Gasteiger partial charge in [-0.3, -0.25) is 29.3 Å². The van der Waals surface area contributed by atoms with Crippen LogP contribution in [0, 0.1) is 23.5 Å². The van der Waals surface area contributed by atoms with E-state index < -0.39 is 35.1 Å². The molecule has 4 aromatic carbocycles. The van der Waals surface area contributed by atoms with Crippen molar-refractivity contribution >= 4 is 52.1 Å². The number of urea groups is 1. The van der Waals surface area contributed by atoms with E-state index >= 15 is 8.78 Å². The average Bonchev–Trinajstić information content (AvgIpc) is 3.78. The highest BCUT2D eigenvalue weighted by Crippen LogP contribution is 2.56. The van der Waals surface area contributed by atoms with E-state index in [0.717, 1.165) is 48.6 Å². The minimum Gasteiger partial charge on any atom is -0.494 e. The lowest BCUT2D eigenvalue weighted by atomic mass is 9.77.